The predicted octanol–water partition coefficient (Wildman–Crippen LogP) is 2.81. The summed E-state index contributed by atoms with van der Waals surface area (Å²) in [6, 6.07) is 13.0. The molecule has 19 heavy (non-hydrogen) atoms. The number of aliphatic hydroxyl groups excluding tert-OH is 1. The molecule has 0 aliphatic rings. The van der Waals surface area contributed by atoms with Crippen LogP contribution in [-0.4, -0.2) is 11.0 Å². The molecule has 0 radical (unpaired) electrons. The van der Waals surface area contributed by atoms with Gasteiger partial charge < -0.3 is 10.4 Å². The van der Waals surface area contributed by atoms with Gasteiger partial charge in [0.1, 0.15) is 5.82 Å². The van der Waals surface area contributed by atoms with Gasteiger partial charge in [-0.3, -0.25) is 4.79 Å². The average molecular weight is 259 g/mol. The van der Waals surface area contributed by atoms with Gasteiger partial charge in [0.15, 0.2) is 6.10 Å². The van der Waals surface area contributed by atoms with Crippen molar-refractivity contribution in [2.75, 3.05) is 5.32 Å². The number of carbonyl (C=O) groups is 1. The monoisotopic (exact) mass is 259 g/mol. The van der Waals surface area contributed by atoms with E-state index < -0.39 is 17.8 Å². The van der Waals surface area contributed by atoms with Gasteiger partial charge in [-0.05, 0) is 30.2 Å². The lowest BCUT2D eigenvalue weighted by Gasteiger charge is -2.12. The molecule has 2 aromatic rings. The van der Waals surface area contributed by atoms with Crippen molar-refractivity contribution in [3.8, 4) is 0 Å². The number of anilines is 1. The summed E-state index contributed by atoms with van der Waals surface area (Å²) in [5.74, 6) is -0.985. The number of nitrogens with one attached hydrogen (secondary N) is 1. The minimum Gasteiger partial charge on any atom is -0.378 e. The third-order valence-electron chi connectivity index (χ3n) is 2.80. The Balaban J connectivity index is 2.10. The van der Waals surface area contributed by atoms with Crippen LogP contribution in [0.1, 0.15) is 17.2 Å². The Hall–Kier alpha value is -2.20. The van der Waals surface area contributed by atoms with Crippen molar-refractivity contribution in [2.45, 2.75) is 13.0 Å². The Morgan fingerprint density at radius 3 is 2.53 bits per heavy atom. The van der Waals surface area contributed by atoms with Crippen molar-refractivity contribution in [2.24, 2.45) is 0 Å². The van der Waals surface area contributed by atoms with Crippen molar-refractivity contribution in [3.05, 3.63) is 65.5 Å². The Morgan fingerprint density at radius 1 is 1.21 bits per heavy atom. The van der Waals surface area contributed by atoms with Crippen LogP contribution in [-0.2, 0) is 4.79 Å². The number of hydrogen-bond acceptors (Lipinski definition) is 2. The molecule has 1 atom stereocenters. The molecule has 0 aromatic heterocycles. The molecule has 0 bridgehead atoms. The summed E-state index contributed by atoms with van der Waals surface area (Å²) in [7, 11) is 0. The molecular weight excluding hydrogens is 245 g/mol. The summed E-state index contributed by atoms with van der Waals surface area (Å²) in [6.45, 7) is 1.64. The van der Waals surface area contributed by atoms with E-state index in [-0.39, 0.29) is 0 Å². The lowest BCUT2D eigenvalue weighted by molar-refractivity contribution is -0.124. The Bertz CT molecular complexity index is 584. The van der Waals surface area contributed by atoms with Crippen LogP contribution in [0.4, 0.5) is 10.1 Å². The number of rotatable bonds is 3. The number of hydrogen-bond donors (Lipinski definition) is 2. The quantitative estimate of drug-likeness (QED) is 0.890. The maximum absolute atomic E-state index is 13.3. The highest BCUT2D eigenvalue weighted by molar-refractivity contribution is 5.94. The van der Waals surface area contributed by atoms with Gasteiger partial charge in [0.2, 0.25) is 0 Å². The van der Waals surface area contributed by atoms with E-state index in [1.165, 1.54) is 6.07 Å². The standard InChI is InChI=1S/C15H14FNO2/c1-10-7-8-12(9-13(10)16)17-15(19)14(18)11-5-3-2-4-6-11/h2-9,14,18H,1H3,(H,17,19). The van der Waals surface area contributed by atoms with Crippen molar-refractivity contribution in [1.82, 2.24) is 0 Å². The molecule has 2 aromatic carbocycles. The van der Waals surface area contributed by atoms with Gasteiger partial charge >= 0.3 is 0 Å². The van der Waals surface area contributed by atoms with Gasteiger partial charge in [-0.1, -0.05) is 36.4 Å². The number of benzene rings is 2. The zero-order valence-corrected chi connectivity index (χ0v) is 10.4. The molecule has 2 rings (SSSR count). The summed E-state index contributed by atoms with van der Waals surface area (Å²) >= 11 is 0. The van der Waals surface area contributed by atoms with Crippen molar-refractivity contribution in [3.63, 3.8) is 0 Å². The molecule has 0 spiro atoms. The molecule has 0 heterocycles. The van der Waals surface area contributed by atoms with Crippen LogP contribution in [0, 0.1) is 12.7 Å². The second-order valence-corrected chi connectivity index (χ2v) is 4.27. The van der Waals surface area contributed by atoms with Crippen LogP contribution in [0.5, 0.6) is 0 Å². The Kier molecular flexibility index (Phi) is 3.92. The van der Waals surface area contributed by atoms with E-state index in [1.807, 2.05) is 0 Å². The zero-order chi connectivity index (χ0) is 13.8. The lowest BCUT2D eigenvalue weighted by atomic mass is 10.1. The first kappa shape index (κ1) is 13.2. The normalized spacial score (nSPS) is 11.9. The van der Waals surface area contributed by atoms with Gasteiger partial charge in [0, 0.05) is 5.69 Å². The van der Waals surface area contributed by atoms with Crippen molar-refractivity contribution in [1.29, 1.82) is 0 Å². The number of amides is 1. The van der Waals surface area contributed by atoms with Crippen LogP contribution >= 0.6 is 0 Å². The van der Waals surface area contributed by atoms with Crippen LogP contribution in [0.2, 0.25) is 0 Å². The molecule has 3 nitrogen and oxygen atoms in total. The van der Waals surface area contributed by atoms with Gasteiger partial charge in [0.25, 0.3) is 5.91 Å². The van der Waals surface area contributed by atoms with Crippen LogP contribution in [0.25, 0.3) is 0 Å². The van der Waals surface area contributed by atoms with E-state index in [2.05, 4.69) is 5.32 Å². The summed E-state index contributed by atoms with van der Waals surface area (Å²) in [6.07, 6.45) is -1.27. The first-order chi connectivity index (χ1) is 9.08. The summed E-state index contributed by atoms with van der Waals surface area (Å²) in [5, 5.41) is 12.3. The maximum atomic E-state index is 13.3. The highest BCUT2D eigenvalue weighted by Gasteiger charge is 2.17. The molecule has 98 valence electrons. The van der Waals surface area contributed by atoms with Gasteiger partial charge in [-0.2, -0.15) is 0 Å². The van der Waals surface area contributed by atoms with E-state index in [0.29, 0.717) is 16.8 Å². The fourth-order valence-corrected chi connectivity index (χ4v) is 1.67. The summed E-state index contributed by atoms with van der Waals surface area (Å²) in [4.78, 5) is 11.8. The highest BCUT2D eigenvalue weighted by atomic mass is 19.1. The SMILES string of the molecule is Cc1ccc(NC(=O)C(O)c2ccccc2)cc1F. The molecule has 0 fully saturated rings. The van der Waals surface area contributed by atoms with Crippen LogP contribution in [0.3, 0.4) is 0 Å². The van der Waals surface area contributed by atoms with Gasteiger partial charge in [0.05, 0.1) is 0 Å². The molecule has 1 unspecified atom stereocenters. The zero-order valence-electron chi connectivity index (χ0n) is 10.4. The maximum Gasteiger partial charge on any atom is 0.257 e. The van der Waals surface area contributed by atoms with E-state index in [9.17, 15) is 14.3 Å². The first-order valence-electron chi connectivity index (χ1n) is 5.88. The number of aliphatic hydroxyl groups is 1. The molecule has 4 heteroatoms. The molecule has 1 amide bonds. The largest absolute Gasteiger partial charge is 0.378 e. The van der Waals surface area contributed by atoms with Crippen molar-refractivity contribution >= 4 is 11.6 Å². The van der Waals surface area contributed by atoms with E-state index >= 15 is 0 Å². The molecular formula is C15H14FNO2. The Labute approximate surface area is 110 Å². The second-order valence-electron chi connectivity index (χ2n) is 4.27. The highest BCUT2D eigenvalue weighted by Crippen LogP contribution is 2.17. The number of aryl methyl sites for hydroxylation is 1. The predicted molar refractivity (Wildman–Crippen MR) is 71.2 cm³/mol. The van der Waals surface area contributed by atoms with Gasteiger partial charge in [-0.15, -0.1) is 0 Å². The first-order valence-corrected chi connectivity index (χ1v) is 5.88. The topological polar surface area (TPSA) is 49.3 Å². The fraction of sp³-hybridized carbons (Fsp3) is 0.133. The molecule has 0 saturated carbocycles. The summed E-state index contributed by atoms with van der Waals surface area (Å²) < 4.78 is 13.3. The third-order valence-corrected chi connectivity index (χ3v) is 2.80. The summed E-state index contributed by atoms with van der Waals surface area (Å²) in [5.41, 5.74) is 1.32. The lowest BCUT2D eigenvalue weighted by Crippen LogP contribution is -2.20. The molecule has 2 N–H and O–H groups in total. The molecule has 0 saturated heterocycles. The fourth-order valence-electron chi connectivity index (χ4n) is 1.67. The molecule has 0 aliphatic carbocycles. The molecule has 0 aliphatic heterocycles. The van der Waals surface area contributed by atoms with E-state index in [1.54, 1.807) is 49.4 Å². The van der Waals surface area contributed by atoms with Crippen molar-refractivity contribution < 1.29 is 14.3 Å². The Morgan fingerprint density at radius 2 is 1.89 bits per heavy atom. The third kappa shape index (κ3) is 3.17. The number of halogens is 1. The van der Waals surface area contributed by atoms with Crippen LogP contribution < -0.4 is 5.32 Å². The minimum atomic E-state index is -1.27. The average Bonchev–Trinajstić information content (AvgIpc) is 2.43. The second kappa shape index (κ2) is 5.63. The smallest absolute Gasteiger partial charge is 0.257 e. The van der Waals surface area contributed by atoms with E-state index in [0.717, 1.165) is 0 Å². The van der Waals surface area contributed by atoms with Gasteiger partial charge in [-0.25, -0.2) is 4.39 Å². The van der Waals surface area contributed by atoms with Crippen LogP contribution in [0.15, 0.2) is 48.5 Å². The minimum absolute atomic E-state index is 0.322. The van der Waals surface area contributed by atoms with E-state index in [4.69, 9.17) is 0 Å². The number of carbonyl (C=O) groups excluding carboxylic acids is 1.